The average Bonchev–Trinajstić information content (AvgIpc) is 2.55. The standard InChI is InChI=1S/C20H29Cl3O4/c1-3-4-5-6-7-8-10-14(2)15-11-9-12-16(17(24)25)19(15,18(26)27)13-20(21,22)23/h9,11-12,14,16H,3-8,10,13H2,1-2H3,(H,24,25)(H,26,27). The van der Waals surface area contributed by atoms with Gasteiger partial charge in [-0.15, -0.1) is 0 Å². The van der Waals surface area contributed by atoms with E-state index in [1.54, 1.807) is 12.2 Å². The predicted molar refractivity (Wildman–Crippen MR) is 110 cm³/mol. The Bertz CT molecular complexity index is 580. The second-order valence-corrected chi connectivity index (χ2v) is 9.86. The molecule has 0 heterocycles. The first-order valence-corrected chi connectivity index (χ1v) is 10.6. The van der Waals surface area contributed by atoms with E-state index in [2.05, 4.69) is 6.92 Å². The molecule has 3 atom stereocenters. The van der Waals surface area contributed by atoms with Crippen LogP contribution < -0.4 is 0 Å². The number of hydrogen-bond donors (Lipinski definition) is 2. The zero-order valence-electron chi connectivity index (χ0n) is 15.9. The van der Waals surface area contributed by atoms with Crippen molar-refractivity contribution in [1.29, 1.82) is 0 Å². The van der Waals surface area contributed by atoms with Crippen molar-refractivity contribution in [3.05, 3.63) is 23.8 Å². The molecule has 0 bridgehead atoms. The fraction of sp³-hybridized carbons (Fsp3) is 0.700. The molecule has 0 saturated heterocycles. The van der Waals surface area contributed by atoms with Crippen LogP contribution in [0, 0.1) is 17.3 Å². The van der Waals surface area contributed by atoms with Crippen molar-refractivity contribution in [3.63, 3.8) is 0 Å². The van der Waals surface area contributed by atoms with Crippen LogP contribution in [0.25, 0.3) is 0 Å². The lowest BCUT2D eigenvalue weighted by Crippen LogP contribution is -2.48. The number of unbranched alkanes of at least 4 members (excludes halogenated alkanes) is 5. The molecule has 0 spiro atoms. The highest BCUT2D eigenvalue weighted by atomic mass is 35.6. The summed E-state index contributed by atoms with van der Waals surface area (Å²) in [5, 5.41) is 19.7. The fourth-order valence-electron chi connectivity index (χ4n) is 3.91. The van der Waals surface area contributed by atoms with Crippen molar-refractivity contribution in [3.8, 4) is 0 Å². The quantitative estimate of drug-likeness (QED) is 0.288. The van der Waals surface area contributed by atoms with Gasteiger partial charge >= 0.3 is 11.9 Å². The molecule has 2 N–H and O–H groups in total. The molecule has 0 amide bonds. The van der Waals surface area contributed by atoms with Gasteiger partial charge in [0.25, 0.3) is 0 Å². The van der Waals surface area contributed by atoms with Crippen molar-refractivity contribution in [2.75, 3.05) is 0 Å². The van der Waals surface area contributed by atoms with Crippen LogP contribution in [-0.2, 0) is 9.59 Å². The molecule has 27 heavy (non-hydrogen) atoms. The first-order chi connectivity index (χ1) is 12.6. The molecule has 0 aliphatic heterocycles. The summed E-state index contributed by atoms with van der Waals surface area (Å²) in [4.78, 5) is 24.1. The van der Waals surface area contributed by atoms with Crippen LogP contribution in [-0.4, -0.2) is 25.9 Å². The Labute approximate surface area is 176 Å². The summed E-state index contributed by atoms with van der Waals surface area (Å²) >= 11 is 17.8. The van der Waals surface area contributed by atoms with Gasteiger partial charge in [0.05, 0.1) is 5.92 Å². The fourth-order valence-corrected chi connectivity index (χ4v) is 4.54. The van der Waals surface area contributed by atoms with Gasteiger partial charge in [0.2, 0.25) is 0 Å². The Balaban J connectivity index is 3.05. The largest absolute Gasteiger partial charge is 0.481 e. The van der Waals surface area contributed by atoms with Gasteiger partial charge in [0.15, 0.2) is 3.79 Å². The highest BCUT2D eigenvalue weighted by molar-refractivity contribution is 6.67. The van der Waals surface area contributed by atoms with E-state index in [1.165, 1.54) is 25.3 Å². The lowest BCUT2D eigenvalue weighted by atomic mass is 9.62. The van der Waals surface area contributed by atoms with Gasteiger partial charge in [-0.3, -0.25) is 9.59 Å². The number of alkyl halides is 3. The third-order valence-corrected chi connectivity index (χ3v) is 5.67. The van der Waals surface area contributed by atoms with Gasteiger partial charge in [-0.2, -0.15) is 0 Å². The number of carboxylic acid groups (broad SMARTS) is 2. The van der Waals surface area contributed by atoms with E-state index in [-0.39, 0.29) is 5.92 Å². The van der Waals surface area contributed by atoms with Gasteiger partial charge in [-0.05, 0) is 17.9 Å². The summed E-state index contributed by atoms with van der Waals surface area (Å²) in [6, 6.07) is 0. The molecule has 1 aliphatic carbocycles. The lowest BCUT2D eigenvalue weighted by Gasteiger charge is -2.41. The van der Waals surface area contributed by atoms with Gasteiger partial charge in [0.1, 0.15) is 5.41 Å². The highest BCUT2D eigenvalue weighted by Gasteiger charge is 2.56. The normalized spacial score (nSPS) is 23.7. The number of carboxylic acids is 2. The van der Waals surface area contributed by atoms with Gasteiger partial charge < -0.3 is 10.2 Å². The summed E-state index contributed by atoms with van der Waals surface area (Å²) in [6.45, 7) is 4.09. The average molecular weight is 440 g/mol. The number of aliphatic carboxylic acids is 2. The number of allylic oxidation sites excluding steroid dienone is 2. The number of halogens is 3. The zero-order chi connectivity index (χ0) is 20.7. The molecule has 0 fully saturated rings. The summed E-state index contributed by atoms with van der Waals surface area (Å²) in [5.41, 5.74) is -1.25. The lowest BCUT2D eigenvalue weighted by molar-refractivity contribution is -0.158. The van der Waals surface area contributed by atoms with Gasteiger partial charge in [-0.1, -0.05) is 105 Å². The monoisotopic (exact) mass is 438 g/mol. The minimum absolute atomic E-state index is 0.119. The third kappa shape index (κ3) is 6.69. The van der Waals surface area contributed by atoms with Crippen LogP contribution >= 0.6 is 34.8 Å². The van der Waals surface area contributed by atoms with Crippen molar-refractivity contribution in [2.24, 2.45) is 17.3 Å². The Morgan fingerprint density at radius 3 is 2.26 bits per heavy atom. The molecule has 0 saturated carbocycles. The molecule has 4 nitrogen and oxygen atoms in total. The molecule has 0 aromatic rings. The molecule has 0 radical (unpaired) electrons. The Morgan fingerprint density at radius 1 is 1.15 bits per heavy atom. The van der Waals surface area contributed by atoms with E-state index in [0.717, 1.165) is 25.7 Å². The highest BCUT2D eigenvalue weighted by Crippen LogP contribution is 2.52. The molecule has 3 unspecified atom stereocenters. The van der Waals surface area contributed by atoms with E-state index in [4.69, 9.17) is 34.8 Å². The summed E-state index contributed by atoms with van der Waals surface area (Å²) < 4.78 is -1.88. The second-order valence-electron chi connectivity index (χ2n) is 7.35. The van der Waals surface area contributed by atoms with Crippen molar-refractivity contribution >= 4 is 46.7 Å². The Kier molecular flexibility index (Phi) is 9.67. The van der Waals surface area contributed by atoms with E-state index in [9.17, 15) is 19.8 Å². The van der Waals surface area contributed by atoms with E-state index >= 15 is 0 Å². The molecule has 1 aliphatic rings. The van der Waals surface area contributed by atoms with Crippen molar-refractivity contribution in [2.45, 2.75) is 69.0 Å². The summed E-state index contributed by atoms with van der Waals surface area (Å²) in [7, 11) is 0. The molecule has 154 valence electrons. The molecule has 1 rings (SSSR count). The Morgan fingerprint density at radius 2 is 1.74 bits per heavy atom. The van der Waals surface area contributed by atoms with Crippen LogP contribution in [0.1, 0.15) is 65.2 Å². The predicted octanol–water partition coefficient (Wildman–Crippen LogP) is 6.40. The third-order valence-electron chi connectivity index (χ3n) is 5.27. The second kappa shape index (κ2) is 10.7. The summed E-state index contributed by atoms with van der Waals surface area (Å²) in [5.74, 6) is -3.91. The van der Waals surface area contributed by atoms with Crippen LogP contribution in [0.4, 0.5) is 0 Å². The smallest absolute Gasteiger partial charge is 0.315 e. The van der Waals surface area contributed by atoms with E-state index in [1.807, 2.05) is 6.92 Å². The molecule has 0 aromatic carbocycles. The Hall–Kier alpha value is -0.710. The molecular formula is C20H29Cl3O4. The van der Waals surface area contributed by atoms with E-state index in [0.29, 0.717) is 5.57 Å². The molecular weight excluding hydrogens is 411 g/mol. The molecule has 7 heteroatoms. The topological polar surface area (TPSA) is 74.6 Å². The van der Waals surface area contributed by atoms with Crippen LogP contribution in [0.5, 0.6) is 0 Å². The van der Waals surface area contributed by atoms with Gasteiger partial charge in [0, 0.05) is 6.42 Å². The van der Waals surface area contributed by atoms with Crippen molar-refractivity contribution < 1.29 is 19.8 Å². The minimum Gasteiger partial charge on any atom is -0.481 e. The van der Waals surface area contributed by atoms with Crippen LogP contribution in [0.3, 0.4) is 0 Å². The van der Waals surface area contributed by atoms with Gasteiger partial charge in [-0.25, -0.2) is 0 Å². The maximum absolute atomic E-state index is 12.3. The molecule has 0 aromatic heterocycles. The van der Waals surface area contributed by atoms with Crippen LogP contribution in [0.2, 0.25) is 0 Å². The number of hydrogen-bond acceptors (Lipinski definition) is 2. The maximum atomic E-state index is 12.3. The van der Waals surface area contributed by atoms with Crippen LogP contribution in [0.15, 0.2) is 23.8 Å². The van der Waals surface area contributed by atoms with Crippen molar-refractivity contribution in [1.82, 2.24) is 0 Å². The minimum atomic E-state index is -1.88. The number of rotatable bonds is 11. The first kappa shape index (κ1) is 24.3. The SMILES string of the molecule is CCCCCCCCC(C)C1=CC=CC(C(=O)O)C1(CC(Cl)(Cl)Cl)C(=O)O. The number of carbonyl (C=O) groups is 2. The van der Waals surface area contributed by atoms with E-state index < -0.39 is 33.5 Å². The first-order valence-electron chi connectivity index (χ1n) is 9.48. The maximum Gasteiger partial charge on any atom is 0.315 e. The summed E-state index contributed by atoms with van der Waals surface area (Å²) in [6.07, 6.45) is 11.8. The zero-order valence-corrected chi connectivity index (χ0v) is 18.2.